The van der Waals surface area contributed by atoms with Crippen molar-refractivity contribution in [2.75, 3.05) is 11.9 Å². The number of aliphatic carboxylic acids is 1. The minimum absolute atomic E-state index is 0.0836. The first-order valence-electron chi connectivity index (χ1n) is 9.54. The van der Waals surface area contributed by atoms with Crippen molar-refractivity contribution in [2.24, 2.45) is 0 Å². The number of hydrogen-bond donors (Lipinski definition) is 3. The normalized spacial score (nSPS) is 16.3. The lowest BCUT2D eigenvalue weighted by atomic mass is 10.2. The fourth-order valence-corrected chi connectivity index (χ4v) is 3.28. The highest BCUT2D eigenvalue weighted by molar-refractivity contribution is 6.03. The van der Waals surface area contributed by atoms with Crippen LogP contribution in [0, 0.1) is 13.8 Å². The number of benzene rings is 1. The lowest BCUT2D eigenvalue weighted by Gasteiger charge is -2.23. The predicted octanol–water partition coefficient (Wildman–Crippen LogP) is 1.85. The molecule has 1 saturated heterocycles. The van der Waals surface area contributed by atoms with Gasteiger partial charge in [0.1, 0.15) is 11.7 Å². The maximum atomic E-state index is 13.1. The summed E-state index contributed by atoms with van der Waals surface area (Å²) >= 11 is 0. The molecule has 3 rings (SSSR count). The molecule has 1 unspecified atom stereocenters. The Morgan fingerprint density at radius 3 is 2.43 bits per heavy atom. The molecular weight excluding hydrogens is 386 g/mol. The van der Waals surface area contributed by atoms with E-state index in [1.165, 1.54) is 11.1 Å². The van der Waals surface area contributed by atoms with Gasteiger partial charge in [-0.3, -0.25) is 9.59 Å². The van der Waals surface area contributed by atoms with Gasteiger partial charge in [0, 0.05) is 29.7 Å². The molecule has 1 atom stereocenters. The van der Waals surface area contributed by atoms with E-state index < -0.39 is 23.8 Å². The number of nitrogens with zero attached hydrogens (tertiary/aromatic N) is 3. The van der Waals surface area contributed by atoms with E-state index >= 15 is 0 Å². The molecule has 0 radical (unpaired) electrons. The third kappa shape index (κ3) is 4.99. The number of amides is 2. The van der Waals surface area contributed by atoms with E-state index in [0.717, 1.165) is 11.4 Å². The van der Waals surface area contributed by atoms with E-state index in [4.69, 9.17) is 0 Å². The van der Waals surface area contributed by atoms with Gasteiger partial charge in [-0.15, -0.1) is 0 Å². The SMILES string of the molecule is Cc1cc(C)nc(N/C=C(\NC(=O)c2ccccc2)C(=O)N2CCCC2C(=O)O)n1. The number of carboxylic acids is 1. The maximum absolute atomic E-state index is 13.1. The van der Waals surface area contributed by atoms with Crippen LogP contribution in [0.5, 0.6) is 0 Å². The molecule has 0 bridgehead atoms. The second-order valence-corrected chi connectivity index (χ2v) is 6.99. The summed E-state index contributed by atoms with van der Waals surface area (Å²) in [6.07, 6.45) is 2.25. The Morgan fingerprint density at radius 2 is 1.80 bits per heavy atom. The molecule has 0 spiro atoms. The van der Waals surface area contributed by atoms with E-state index in [0.29, 0.717) is 24.9 Å². The Kier molecular flexibility index (Phi) is 6.41. The van der Waals surface area contributed by atoms with Gasteiger partial charge in [-0.25, -0.2) is 14.8 Å². The van der Waals surface area contributed by atoms with Crippen LogP contribution in [0.3, 0.4) is 0 Å². The van der Waals surface area contributed by atoms with Crippen molar-refractivity contribution < 1.29 is 19.5 Å². The van der Waals surface area contributed by atoms with Crippen LogP contribution in [0.4, 0.5) is 5.95 Å². The van der Waals surface area contributed by atoms with Crippen LogP contribution in [0.1, 0.15) is 34.6 Å². The summed E-state index contributed by atoms with van der Waals surface area (Å²) in [5.74, 6) is -1.87. The van der Waals surface area contributed by atoms with Crippen LogP contribution >= 0.6 is 0 Å². The highest BCUT2D eigenvalue weighted by atomic mass is 16.4. The molecule has 9 nitrogen and oxygen atoms in total. The van der Waals surface area contributed by atoms with Gasteiger partial charge < -0.3 is 20.6 Å². The van der Waals surface area contributed by atoms with Crippen LogP contribution in [0.2, 0.25) is 0 Å². The third-order valence-corrected chi connectivity index (χ3v) is 4.64. The van der Waals surface area contributed by atoms with Crippen molar-refractivity contribution in [1.82, 2.24) is 20.2 Å². The first-order chi connectivity index (χ1) is 14.3. The fraction of sp³-hybridized carbons (Fsp3) is 0.286. The van der Waals surface area contributed by atoms with Crippen LogP contribution in [0.25, 0.3) is 0 Å². The summed E-state index contributed by atoms with van der Waals surface area (Å²) in [6, 6.07) is 9.32. The molecule has 1 aromatic carbocycles. The Hall–Kier alpha value is -3.75. The fourth-order valence-electron chi connectivity index (χ4n) is 3.28. The van der Waals surface area contributed by atoms with E-state index in [1.54, 1.807) is 36.4 Å². The maximum Gasteiger partial charge on any atom is 0.326 e. The summed E-state index contributed by atoms with van der Waals surface area (Å²) in [6.45, 7) is 3.93. The molecule has 30 heavy (non-hydrogen) atoms. The minimum atomic E-state index is -1.07. The third-order valence-electron chi connectivity index (χ3n) is 4.64. The summed E-state index contributed by atoms with van der Waals surface area (Å²) in [5, 5.41) is 14.8. The first kappa shape index (κ1) is 21.0. The highest BCUT2D eigenvalue weighted by Crippen LogP contribution is 2.19. The number of nitrogens with one attached hydrogen (secondary N) is 2. The minimum Gasteiger partial charge on any atom is -0.480 e. The molecule has 0 saturated carbocycles. The van der Waals surface area contributed by atoms with Crippen LogP contribution in [-0.2, 0) is 9.59 Å². The van der Waals surface area contributed by atoms with E-state index in [1.807, 2.05) is 13.8 Å². The molecule has 2 aromatic rings. The molecule has 0 aliphatic carbocycles. The number of carbonyl (C=O) groups excluding carboxylic acids is 2. The largest absolute Gasteiger partial charge is 0.480 e. The van der Waals surface area contributed by atoms with Gasteiger partial charge >= 0.3 is 5.97 Å². The molecule has 3 N–H and O–H groups in total. The summed E-state index contributed by atoms with van der Waals surface area (Å²) < 4.78 is 0. The van der Waals surface area contributed by atoms with Gasteiger partial charge in [0.2, 0.25) is 5.95 Å². The topological polar surface area (TPSA) is 125 Å². The lowest BCUT2D eigenvalue weighted by molar-refractivity contribution is -0.146. The quantitative estimate of drug-likeness (QED) is 0.622. The van der Waals surface area contributed by atoms with Gasteiger partial charge in [0.05, 0.1) is 0 Å². The number of rotatable bonds is 6. The van der Waals surface area contributed by atoms with Crippen molar-refractivity contribution >= 4 is 23.7 Å². The van der Waals surface area contributed by atoms with Gasteiger partial charge in [0.15, 0.2) is 0 Å². The van der Waals surface area contributed by atoms with Crippen LogP contribution in [-0.4, -0.2) is 50.3 Å². The number of carboxylic acid groups (broad SMARTS) is 1. The van der Waals surface area contributed by atoms with Gasteiger partial charge in [-0.05, 0) is 44.9 Å². The van der Waals surface area contributed by atoms with Crippen molar-refractivity contribution in [3.8, 4) is 0 Å². The van der Waals surface area contributed by atoms with Crippen molar-refractivity contribution in [3.05, 3.63) is 65.2 Å². The number of anilines is 1. The average Bonchev–Trinajstić information content (AvgIpc) is 3.20. The van der Waals surface area contributed by atoms with E-state index in [-0.39, 0.29) is 11.6 Å². The number of aryl methyl sites for hydroxylation is 2. The Bertz CT molecular complexity index is 970. The number of carbonyl (C=O) groups is 3. The first-order valence-corrected chi connectivity index (χ1v) is 9.54. The summed E-state index contributed by atoms with van der Waals surface area (Å²) in [7, 11) is 0. The molecule has 1 aliphatic heterocycles. The highest BCUT2D eigenvalue weighted by Gasteiger charge is 2.35. The molecule has 156 valence electrons. The second kappa shape index (κ2) is 9.17. The summed E-state index contributed by atoms with van der Waals surface area (Å²) in [4.78, 5) is 46.9. The zero-order valence-electron chi connectivity index (χ0n) is 16.8. The average molecular weight is 409 g/mol. The summed E-state index contributed by atoms with van der Waals surface area (Å²) in [5.41, 5.74) is 1.77. The lowest BCUT2D eigenvalue weighted by Crippen LogP contribution is -2.44. The molecule has 2 heterocycles. The Labute approximate surface area is 173 Å². The van der Waals surface area contributed by atoms with Gasteiger partial charge in [-0.2, -0.15) is 0 Å². The smallest absolute Gasteiger partial charge is 0.326 e. The number of aromatic nitrogens is 2. The molecule has 2 amide bonds. The second-order valence-electron chi connectivity index (χ2n) is 6.99. The molecule has 9 heteroatoms. The zero-order valence-corrected chi connectivity index (χ0v) is 16.8. The van der Waals surface area contributed by atoms with Crippen molar-refractivity contribution in [3.63, 3.8) is 0 Å². The van der Waals surface area contributed by atoms with Gasteiger partial charge in [0.25, 0.3) is 11.8 Å². The molecular formula is C21H23N5O4. The van der Waals surface area contributed by atoms with Crippen LogP contribution < -0.4 is 10.6 Å². The van der Waals surface area contributed by atoms with E-state index in [9.17, 15) is 19.5 Å². The number of hydrogen-bond acceptors (Lipinski definition) is 6. The zero-order chi connectivity index (χ0) is 21.7. The van der Waals surface area contributed by atoms with Crippen molar-refractivity contribution in [1.29, 1.82) is 0 Å². The van der Waals surface area contributed by atoms with E-state index in [2.05, 4.69) is 20.6 Å². The molecule has 1 aromatic heterocycles. The van der Waals surface area contributed by atoms with Crippen molar-refractivity contribution in [2.45, 2.75) is 32.7 Å². The standard InChI is InChI=1S/C21H23N5O4/c1-13-11-14(2)24-21(23-13)22-12-16(25-18(27)15-7-4-3-5-8-15)19(28)26-10-6-9-17(26)20(29)30/h3-5,7-8,11-12,17H,6,9-10H2,1-2H3,(H,25,27)(H,29,30)(H,22,23,24)/b16-12-. The number of likely N-dealkylation sites (tertiary alicyclic amines) is 1. The molecule has 1 aliphatic rings. The van der Waals surface area contributed by atoms with Gasteiger partial charge in [-0.1, -0.05) is 18.2 Å². The monoisotopic (exact) mass is 409 g/mol. The molecule has 1 fully saturated rings. The predicted molar refractivity (Wildman–Crippen MR) is 109 cm³/mol. The van der Waals surface area contributed by atoms with Crippen LogP contribution in [0.15, 0.2) is 48.3 Å². The Morgan fingerprint density at radius 1 is 1.13 bits per heavy atom. The Balaban J connectivity index is 1.88.